The van der Waals surface area contributed by atoms with Crippen molar-refractivity contribution in [3.63, 3.8) is 0 Å². The summed E-state index contributed by atoms with van der Waals surface area (Å²) in [6, 6.07) is 4.78. The average molecular weight is 349 g/mol. The van der Waals surface area contributed by atoms with Crippen LogP contribution >= 0.6 is 0 Å². The van der Waals surface area contributed by atoms with E-state index in [1.807, 2.05) is 13.8 Å². The van der Waals surface area contributed by atoms with Crippen molar-refractivity contribution < 1.29 is 14.5 Å². The molecular formula is C18H27N3O4. The third kappa shape index (κ3) is 6.01. The average Bonchev–Trinajstić information content (AvgIpc) is 2.54. The van der Waals surface area contributed by atoms with Gasteiger partial charge in [-0.3, -0.25) is 19.8 Å². The highest BCUT2D eigenvalue weighted by molar-refractivity contribution is 5.72. The third-order valence-corrected chi connectivity index (χ3v) is 4.25. The molecule has 1 saturated heterocycles. The van der Waals surface area contributed by atoms with Crippen molar-refractivity contribution in [2.24, 2.45) is 5.92 Å². The molecule has 1 N–H and O–H groups in total. The number of amides is 1. The number of non-ortho nitro benzene ring substituents is 1. The summed E-state index contributed by atoms with van der Waals surface area (Å²) in [5, 5.41) is 14.0. The maximum absolute atomic E-state index is 11.1. The molecule has 1 aliphatic rings. The number of rotatable bonds is 7. The van der Waals surface area contributed by atoms with E-state index in [0.717, 1.165) is 31.5 Å². The number of benzene rings is 1. The minimum absolute atomic E-state index is 0.00840. The molecule has 1 amide bonds. The largest absolute Gasteiger partial charge is 0.491 e. The first-order valence-electron chi connectivity index (χ1n) is 8.76. The van der Waals surface area contributed by atoms with Crippen molar-refractivity contribution in [2.75, 3.05) is 19.6 Å². The number of nitro groups is 1. The fourth-order valence-corrected chi connectivity index (χ4v) is 3.16. The number of likely N-dealkylation sites (tertiary alicyclic amines) is 1. The SMILES string of the molecule is CC(=O)NCC1CCCN(Cc2cc([N+](=O)[O-])ccc2OC(C)C)C1. The van der Waals surface area contributed by atoms with Gasteiger partial charge in [-0.25, -0.2) is 0 Å². The smallest absolute Gasteiger partial charge is 0.270 e. The zero-order valence-electron chi connectivity index (χ0n) is 15.2. The standard InChI is InChI=1S/C18H27N3O4/c1-13(2)25-18-7-6-17(21(23)24)9-16(18)12-20-8-4-5-15(11-20)10-19-14(3)22/h6-7,9,13,15H,4-5,8,10-12H2,1-3H3,(H,19,22). The van der Waals surface area contributed by atoms with E-state index in [-0.39, 0.29) is 22.6 Å². The zero-order chi connectivity index (χ0) is 18.4. The summed E-state index contributed by atoms with van der Waals surface area (Å²) >= 11 is 0. The minimum Gasteiger partial charge on any atom is -0.491 e. The Morgan fingerprint density at radius 2 is 2.24 bits per heavy atom. The Kier molecular flexibility index (Phi) is 6.75. The van der Waals surface area contributed by atoms with Crippen molar-refractivity contribution in [2.45, 2.75) is 46.3 Å². The minimum atomic E-state index is -0.377. The van der Waals surface area contributed by atoms with Crippen LogP contribution in [0.15, 0.2) is 18.2 Å². The summed E-state index contributed by atoms with van der Waals surface area (Å²) in [6.07, 6.45) is 2.15. The Morgan fingerprint density at radius 1 is 1.48 bits per heavy atom. The molecule has 1 aliphatic heterocycles. The van der Waals surface area contributed by atoms with Crippen LogP contribution in [0.25, 0.3) is 0 Å². The normalized spacial score (nSPS) is 18.2. The maximum Gasteiger partial charge on any atom is 0.270 e. The number of hydrogen-bond acceptors (Lipinski definition) is 5. The summed E-state index contributed by atoms with van der Waals surface area (Å²) in [5.74, 6) is 1.10. The lowest BCUT2D eigenvalue weighted by Gasteiger charge is -2.33. The predicted molar refractivity (Wildman–Crippen MR) is 95.5 cm³/mol. The molecular weight excluding hydrogens is 322 g/mol. The maximum atomic E-state index is 11.1. The Hall–Kier alpha value is -2.15. The van der Waals surface area contributed by atoms with Gasteiger partial charge in [-0.15, -0.1) is 0 Å². The van der Waals surface area contributed by atoms with Crippen molar-refractivity contribution in [3.05, 3.63) is 33.9 Å². The number of piperidine rings is 1. The second kappa shape index (κ2) is 8.80. The second-order valence-electron chi connectivity index (χ2n) is 6.90. The number of nitrogens with zero attached hydrogens (tertiary/aromatic N) is 2. The van der Waals surface area contributed by atoms with Crippen molar-refractivity contribution in [1.29, 1.82) is 0 Å². The molecule has 1 aromatic rings. The van der Waals surface area contributed by atoms with Crippen molar-refractivity contribution >= 4 is 11.6 Å². The number of hydrogen-bond donors (Lipinski definition) is 1. The van der Waals surface area contributed by atoms with E-state index >= 15 is 0 Å². The molecule has 0 bridgehead atoms. The monoisotopic (exact) mass is 349 g/mol. The van der Waals surface area contributed by atoms with Gasteiger partial charge in [0.2, 0.25) is 5.91 Å². The summed E-state index contributed by atoms with van der Waals surface area (Å²) in [5.41, 5.74) is 0.918. The van der Waals surface area contributed by atoms with Crippen LogP contribution in [0, 0.1) is 16.0 Å². The molecule has 1 fully saturated rings. The molecule has 0 spiro atoms. The summed E-state index contributed by atoms with van der Waals surface area (Å²) < 4.78 is 5.82. The van der Waals surface area contributed by atoms with Gasteiger partial charge < -0.3 is 10.1 Å². The highest BCUT2D eigenvalue weighted by Gasteiger charge is 2.22. The lowest BCUT2D eigenvalue weighted by atomic mass is 9.97. The van der Waals surface area contributed by atoms with Crippen LogP contribution in [-0.2, 0) is 11.3 Å². The van der Waals surface area contributed by atoms with Gasteiger partial charge in [-0.1, -0.05) is 0 Å². The van der Waals surface area contributed by atoms with Crippen LogP contribution in [0.2, 0.25) is 0 Å². The van der Waals surface area contributed by atoms with Crippen LogP contribution < -0.4 is 10.1 Å². The summed E-state index contributed by atoms with van der Waals surface area (Å²) in [6.45, 7) is 8.51. The Balaban J connectivity index is 2.09. The van der Waals surface area contributed by atoms with Crippen LogP contribution in [0.4, 0.5) is 5.69 Å². The van der Waals surface area contributed by atoms with Gasteiger partial charge in [0.15, 0.2) is 0 Å². The molecule has 1 heterocycles. The molecule has 1 aromatic carbocycles. The van der Waals surface area contributed by atoms with E-state index in [0.29, 0.717) is 24.8 Å². The van der Waals surface area contributed by atoms with Gasteiger partial charge in [0.25, 0.3) is 5.69 Å². The molecule has 0 saturated carbocycles. The van der Waals surface area contributed by atoms with E-state index < -0.39 is 0 Å². The number of carbonyl (C=O) groups excluding carboxylic acids is 1. The predicted octanol–water partition coefficient (Wildman–Crippen LogP) is 2.73. The number of nitrogens with one attached hydrogen (secondary N) is 1. The quantitative estimate of drug-likeness (QED) is 0.604. The van der Waals surface area contributed by atoms with E-state index in [9.17, 15) is 14.9 Å². The molecule has 1 atom stereocenters. The molecule has 138 valence electrons. The van der Waals surface area contributed by atoms with Crippen LogP contribution in [0.1, 0.15) is 39.2 Å². The lowest BCUT2D eigenvalue weighted by Crippen LogP contribution is -2.40. The first-order valence-corrected chi connectivity index (χ1v) is 8.76. The molecule has 2 rings (SSSR count). The van der Waals surface area contributed by atoms with E-state index in [2.05, 4.69) is 10.2 Å². The highest BCUT2D eigenvalue weighted by atomic mass is 16.6. The summed E-state index contributed by atoms with van der Waals surface area (Å²) in [4.78, 5) is 24.1. The molecule has 7 heteroatoms. The van der Waals surface area contributed by atoms with E-state index in [1.54, 1.807) is 12.1 Å². The van der Waals surface area contributed by atoms with Gasteiger partial charge in [0, 0.05) is 44.3 Å². The van der Waals surface area contributed by atoms with Gasteiger partial charge >= 0.3 is 0 Å². The van der Waals surface area contributed by atoms with Crippen LogP contribution in [-0.4, -0.2) is 41.5 Å². The van der Waals surface area contributed by atoms with E-state index in [1.165, 1.54) is 13.0 Å². The lowest BCUT2D eigenvalue weighted by molar-refractivity contribution is -0.385. The van der Waals surface area contributed by atoms with Crippen LogP contribution in [0.3, 0.4) is 0 Å². The number of ether oxygens (including phenoxy) is 1. The highest BCUT2D eigenvalue weighted by Crippen LogP contribution is 2.28. The molecule has 7 nitrogen and oxygen atoms in total. The Labute approximate surface area is 148 Å². The first-order chi connectivity index (χ1) is 11.8. The summed E-state index contributed by atoms with van der Waals surface area (Å²) in [7, 11) is 0. The van der Waals surface area contributed by atoms with Crippen LogP contribution in [0.5, 0.6) is 5.75 Å². The molecule has 0 aliphatic carbocycles. The first kappa shape index (κ1) is 19.2. The van der Waals surface area contributed by atoms with Gasteiger partial charge in [-0.2, -0.15) is 0 Å². The fourth-order valence-electron chi connectivity index (χ4n) is 3.16. The molecule has 1 unspecified atom stereocenters. The van der Waals surface area contributed by atoms with Gasteiger partial charge in [0.1, 0.15) is 5.75 Å². The van der Waals surface area contributed by atoms with E-state index in [4.69, 9.17) is 4.74 Å². The Morgan fingerprint density at radius 3 is 2.88 bits per heavy atom. The second-order valence-corrected chi connectivity index (χ2v) is 6.90. The zero-order valence-corrected chi connectivity index (χ0v) is 15.2. The molecule has 0 radical (unpaired) electrons. The topological polar surface area (TPSA) is 84.7 Å². The fraction of sp³-hybridized carbons (Fsp3) is 0.611. The molecule has 25 heavy (non-hydrogen) atoms. The van der Waals surface area contributed by atoms with Gasteiger partial charge in [0.05, 0.1) is 11.0 Å². The van der Waals surface area contributed by atoms with Gasteiger partial charge in [-0.05, 0) is 45.2 Å². The number of carbonyl (C=O) groups is 1. The van der Waals surface area contributed by atoms with Crippen molar-refractivity contribution in [3.8, 4) is 5.75 Å². The van der Waals surface area contributed by atoms with Crippen molar-refractivity contribution in [1.82, 2.24) is 10.2 Å². The number of nitro benzene ring substituents is 1. The Bertz CT molecular complexity index is 618. The molecule has 0 aromatic heterocycles. The third-order valence-electron chi connectivity index (χ3n) is 4.25.